The lowest BCUT2D eigenvalue weighted by Crippen LogP contribution is -2.35. The van der Waals surface area contributed by atoms with Crippen molar-refractivity contribution in [2.75, 3.05) is 27.7 Å². The predicted molar refractivity (Wildman–Crippen MR) is 104 cm³/mol. The molecule has 5 nitrogen and oxygen atoms in total. The number of aromatic amines is 1. The molecule has 3 aromatic rings. The number of carbonyl (C=O) groups excluding carboxylic acids is 1. The van der Waals surface area contributed by atoms with E-state index in [1.165, 1.54) is 0 Å². The Morgan fingerprint density at radius 1 is 1.15 bits per heavy atom. The van der Waals surface area contributed by atoms with E-state index < -0.39 is 0 Å². The number of ether oxygens (including phenoxy) is 1. The van der Waals surface area contributed by atoms with Gasteiger partial charge in [-0.25, -0.2) is 0 Å². The Morgan fingerprint density at radius 3 is 2.58 bits per heavy atom. The van der Waals surface area contributed by atoms with Crippen molar-refractivity contribution < 1.29 is 9.53 Å². The summed E-state index contributed by atoms with van der Waals surface area (Å²) in [6.45, 7) is 0.556. The van der Waals surface area contributed by atoms with Gasteiger partial charge in [-0.2, -0.15) is 0 Å². The van der Waals surface area contributed by atoms with E-state index in [1.54, 1.807) is 7.11 Å². The summed E-state index contributed by atoms with van der Waals surface area (Å²) < 4.78 is 5.22. The largest absolute Gasteiger partial charge is 0.497 e. The minimum absolute atomic E-state index is 0.0233. The van der Waals surface area contributed by atoms with Gasteiger partial charge in [0.25, 0.3) is 0 Å². The third-order valence-electron chi connectivity index (χ3n) is 4.64. The summed E-state index contributed by atoms with van der Waals surface area (Å²) in [7, 11) is 5.69. The van der Waals surface area contributed by atoms with E-state index in [0.717, 1.165) is 27.8 Å². The van der Waals surface area contributed by atoms with E-state index in [-0.39, 0.29) is 11.9 Å². The second-order valence-corrected chi connectivity index (χ2v) is 6.59. The molecule has 0 aliphatic rings. The van der Waals surface area contributed by atoms with E-state index in [4.69, 9.17) is 4.74 Å². The van der Waals surface area contributed by atoms with Crippen LogP contribution in [-0.4, -0.2) is 43.5 Å². The molecule has 2 aromatic carbocycles. The number of hydrogen-bond acceptors (Lipinski definition) is 3. The van der Waals surface area contributed by atoms with Crippen LogP contribution in [0.3, 0.4) is 0 Å². The molecule has 1 aromatic heterocycles. The van der Waals surface area contributed by atoms with Crippen LogP contribution in [0.2, 0.25) is 0 Å². The molecule has 0 saturated carbocycles. The Morgan fingerprint density at radius 2 is 1.88 bits per heavy atom. The molecule has 0 unspecified atom stereocenters. The minimum atomic E-state index is 0.0233. The van der Waals surface area contributed by atoms with Gasteiger partial charge in [-0.05, 0) is 43.4 Å². The van der Waals surface area contributed by atoms with Crippen molar-refractivity contribution in [2.45, 2.75) is 12.5 Å². The number of nitrogens with zero attached hydrogens (tertiary/aromatic N) is 1. The summed E-state index contributed by atoms with van der Waals surface area (Å²) in [5.41, 5.74) is 3.21. The van der Waals surface area contributed by atoms with Crippen molar-refractivity contribution in [2.24, 2.45) is 0 Å². The minimum Gasteiger partial charge on any atom is -0.497 e. The highest BCUT2D eigenvalue weighted by molar-refractivity contribution is 5.88. The van der Waals surface area contributed by atoms with Gasteiger partial charge in [0, 0.05) is 23.6 Å². The molecule has 0 aliphatic carbocycles. The summed E-state index contributed by atoms with van der Waals surface area (Å²) in [5, 5.41) is 4.17. The number of hydrogen-bond donors (Lipinski definition) is 2. The summed E-state index contributed by atoms with van der Waals surface area (Å²) in [6.07, 6.45) is 2.28. The topological polar surface area (TPSA) is 57.4 Å². The van der Waals surface area contributed by atoms with Crippen molar-refractivity contribution in [3.05, 3.63) is 65.9 Å². The number of carbonyl (C=O) groups is 1. The number of H-pyrrole nitrogens is 1. The monoisotopic (exact) mass is 351 g/mol. The fraction of sp³-hybridized carbons (Fsp3) is 0.286. The number of nitrogens with one attached hydrogen (secondary N) is 2. The van der Waals surface area contributed by atoms with Crippen molar-refractivity contribution in [1.82, 2.24) is 15.2 Å². The number of rotatable bonds is 7. The Labute approximate surface area is 154 Å². The average molecular weight is 351 g/mol. The normalized spacial score (nSPS) is 12.3. The number of amides is 1. The molecule has 0 fully saturated rings. The maximum Gasteiger partial charge on any atom is 0.224 e. The first kappa shape index (κ1) is 18.0. The molecule has 1 amide bonds. The summed E-state index contributed by atoms with van der Waals surface area (Å²) in [6, 6.07) is 16.1. The van der Waals surface area contributed by atoms with Gasteiger partial charge in [-0.15, -0.1) is 0 Å². The molecule has 0 radical (unpaired) electrons. The summed E-state index contributed by atoms with van der Waals surface area (Å²) in [4.78, 5) is 17.8. The van der Waals surface area contributed by atoms with Crippen LogP contribution in [0.1, 0.15) is 17.2 Å². The van der Waals surface area contributed by atoms with E-state index >= 15 is 0 Å². The molecule has 26 heavy (non-hydrogen) atoms. The van der Waals surface area contributed by atoms with Gasteiger partial charge >= 0.3 is 0 Å². The lowest BCUT2D eigenvalue weighted by atomic mass is 10.1. The zero-order chi connectivity index (χ0) is 18.5. The fourth-order valence-electron chi connectivity index (χ4n) is 3.15. The standard InChI is InChI=1S/C21H25N3O2/c1-24(2)20(15-8-10-17(26-3)11-9-15)14-23-21(25)12-16-13-22-19-7-5-4-6-18(16)19/h4-11,13,20,22H,12,14H2,1-3H3,(H,23,25)/t20-/m0/s1. The van der Waals surface area contributed by atoms with E-state index in [1.807, 2.05) is 68.8 Å². The van der Waals surface area contributed by atoms with Gasteiger partial charge in [0.05, 0.1) is 19.6 Å². The fourth-order valence-corrected chi connectivity index (χ4v) is 3.15. The van der Waals surface area contributed by atoms with Gasteiger partial charge in [-0.3, -0.25) is 4.79 Å². The zero-order valence-corrected chi connectivity index (χ0v) is 15.5. The Balaban J connectivity index is 1.64. The molecule has 0 saturated heterocycles. The van der Waals surface area contributed by atoms with Gasteiger partial charge in [0.15, 0.2) is 0 Å². The van der Waals surface area contributed by atoms with Crippen molar-refractivity contribution >= 4 is 16.8 Å². The number of likely N-dealkylation sites (N-methyl/N-ethyl adjacent to an activating group) is 1. The van der Waals surface area contributed by atoms with E-state index in [2.05, 4.69) is 15.2 Å². The molecule has 0 spiro atoms. The number of para-hydroxylation sites is 1. The number of methoxy groups -OCH3 is 1. The second-order valence-electron chi connectivity index (χ2n) is 6.59. The van der Waals surface area contributed by atoms with Crippen LogP contribution in [0.15, 0.2) is 54.7 Å². The lowest BCUT2D eigenvalue weighted by Gasteiger charge is -2.25. The number of fused-ring (bicyclic) bond motifs is 1. The molecule has 0 bridgehead atoms. The van der Waals surface area contributed by atoms with Gasteiger partial charge in [0.1, 0.15) is 5.75 Å². The van der Waals surface area contributed by atoms with Gasteiger partial charge in [0.2, 0.25) is 5.91 Å². The van der Waals surface area contributed by atoms with Crippen LogP contribution < -0.4 is 10.1 Å². The maximum absolute atomic E-state index is 12.4. The molecule has 0 aliphatic heterocycles. The lowest BCUT2D eigenvalue weighted by molar-refractivity contribution is -0.120. The first-order valence-corrected chi connectivity index (χ1v) is 8.70. The molecule has 136 valence electrons. The van der Waals surface area contributed by atoms with E-state index in [0.29, 0.717) is 13.0 Å². The van der Waals surface area contributed by atoms with Crippen LogP contribution >= 0.6 is 0 Å². The molecule has 1 heterocycles. The molecule has 1 atom stereocenters. The zero-order valence-electron chi connectivity index (χ0n) is 15.5. The molecule has 5 heteroatoms. The van der Waals surface area contributed by atoms with Crippen molar-refractivity contribution in [3.63, 3.8) is 0 Å². The number of aromatic nitrogens is 1. The highest BCUT2D eigenvalue weighted by atomic mass is 16.5. The van der Waals surface area contributed by atoms with Crippen molar-refractivity contribution in [1.29, 1.82) is 0 Å². The van der Waals surface area contributed by atoms with Crippen LogP contribution in [0.4, 0.5) is 0 Å². The highest BCUT2D eigenvalue weighted by Gasteiger charge is 2.16. The van der Waals surface area contributed by atoms with Crippen LogP contribution in [0.25, 0.3) is 10.9 Å². The summed E-state index contributed by atoms with van der Waals surface area (Å²) in [5.74, 6) is 0.852. The molecular formula is C21H25N3O2. The Bertz CT molecular complexity index is 868. The summed E-state index contributed by atoms with van der Waals surface area (Å²) >= 11 is 0. The predicted octanol–water partition coefficient (Wildman–Crippen LogP) is 3.14. The molecule has 3 rings (SSSR count). The van der Waals surface area contributed by atoms with Crippen LogP contribution in [0, 0.1) is 0 Å². The second kappa shape index (κ2) is 8.06. The SMILES string of the molecule is COc1ccc([C@H](CNC(=O)Cc2c[nH]c3ccccc23)N(C)C)cc1. The van der Waals surface area contributed by atoms with E-state index in [9.17, 15) is 4.79 Å². The Hall–Kier alpha value is -2.79. The van der Waals surface area contributed by atoms with Crippen molar-refractivity contribution in [3.8, 4) is 5.75 Å². The van der Waals surface area contributed by atoms with Gasteiger partial charge in [-0.1, -0.05) is 30.3 Å². The quantitative estimate of drug-likeness (QED) is 0.687. The Kier molecular flexibility index (Phi) is 5.58. The molecule has 2 N–H and O–H groups in total. The smallest absolute Gasteiger partial charge is 0.224 e. The van der Waals surface area contributed by atoms with Crippen LogP contribution in [0.5, 0.6) is 5.75 Å². The first-order valence-electron chi connectivity index (χ1n) is 8.70. The third-order valence-corrected chi connectivity index (χ3v) is 4.64. The highest BCUT2D eigenvalue weighted by Crippen LogP contribution is 2.21. The average Bonchev–Trinajstić information content (AvgIpc) is 3.05. The van der Waals surface area contributed by atoms with Crippen LogP contribution in [-0.2, 0) is 11.2 Å². The molecular weight excluding hydrogens is 326 g/mol. The first-order chi connectivity index (χ1) is 12.6. The maximum atomic E-state index is 12.4. The third kappa shape index (κ3) is 4.06. The van der Waals surface area contributed by atoms with Gasteiger partial charge < -0.3 is 19.9 Å². The number of benzene rings is 2.